The number of anilines is 1. The van der Waals surface area contributed by atoms with Crippen LogP contribution >= 0.6 is 34.7 Å². The first-order chi connectivity index (χ1) is 11.1. The van der Waals surface area contributed by atoms with Crippen molar-refractivity contribution in [3.63, 3.8) is 0 Å². The van der Waals surface area contributed by atoms with E-state index in [-0.39, 0.29) is 11.7 Å². The first kappa shape index (κ1) is 17.5. The van der Waals surface area contributed by atoms with Gasteiger partial charge in [0.25, 0.3) is 5.91 Å². The molecule has 0 saturated carbocycles. The number of nitrogens with zero attached hydrogens (tertiary/aromatic N) is 2. The Balaban J connectivity index is 1.74. The maximum Gasteiger partial charge on any atom is 0.269 e. The Morgan fingerprint density at radius 2 is 1.96 bits per heavy atom. The van der Waals surface area contributed by atoms with Gasteiger partial charge in [0.1, 0.15) is 0 Å². The monoisotopic (exact) mass is 371 g/mol. The Kier molecular flexibility index (Phi) is 6.63. The summed E-state index contributed by atoms with van der Waals surface area (Å²) in [5.74, 6) is -0.621. The summed E-state index contributed by atoms with van der Waals surface area (Å²) in [4.78, 5) is 23.5. The largest absolute Gasteiger partial charge is 0.360 e. The lowest BCUT2D eigenvalue weighted by Crippen LogP contribution is -2.42. The summed E-state index contributed by atoms with van der Waals surface area (Å²) in [5.41, 5.74) is 5.09. The quantitative estimate of drug-likeness (QED) is 0.532. The van der Waals surface area contributed by atoms with E-state index >= 15 is 0 Å². The number of benzene rings is 1. The predicted molar refractivity (Wildman–Crippen MR) is 91.9 cm³/mol. The zero-order chi connectivity index (χ0) is 16.7. The number of carbonyl (C=O) groups is 2. The molecule has 2 rings (SSSR count). The van der Waals surface area contributed by atoms with E-state index in [4.69, 9.17) is 11.6 Å². The summed E-state index contributed by atoms with van der Waals surface area (Å²) in [6.07, 6.45) is 0. The predicted octanol–water partition coefficient (Wildman–Crippen LogP) is 2.18. The van der Waals surface area contributed by atoms with E-state index in [0.29, 0.717) is 20.1 Å². The standard InChI is InChI=1S/C13H14ClN5O2S2/c1-2-15-12-18-19-13(23-12)22-7-10(20)16-17-11(21)8-3-5-9(14)6-4-8/h3-6H,2,7H2,1H3,(H,15,18)(H,16,20)(H,17,21). The topological polar surface area (TPSA) is 96.0 Å². The van der Waals surface area contributed by atoms with Crippen LogP contribution in [0.15, 0.2) is 28.6 Å². The zero-order valence-electron chi connectivity index (χ0n) is 12.1. The van der Waals surface area contributed by atoms with Crippen LogP contribution in [0.5, 0.6) is 0 Å². The summed E-state index contributed by atoms with van der Waals surface area (Å²) in [6, 6.07) is 6.35. The third-order valence-corrected chi connectivity index (χ3v) is 4.75. The molecule has 0 spiro atoms. The van der Waals surface area contributed by atoms with Gasteiger partial charge in [0.05, 0.1) is 5.75 Å². The van der Waals surface area contributed by atoms with Crippen LogP contribution in [0.3, 0.4) is 0 Å². The molecule has 0 atom stereocenters. The summed E-state index contributed by atoms with van der Waals surface area (Å²) in [7, 11) is 0. The minimum atomic E-state index is -0.412. The lowest BCUT2D eigenvalue weighted by molar-refractivity contribution is -0.119. The van der Waals surface area contributed by atoms with Gasteiger partial charge in [-0.05, 0) is 31.2 Å². The van der Waals surface area contributed by atoms with Crippen LogP contribution in [-0.2, 0) is 4.79 Å². The minimum Gasteiger partial charge on any atom is -0.360 e. The SMILES string of the molecule is CCNc1nnc(SCC(=O)NNC(=O)c2ccc(Cl)cc2)s1. The number of hydrogen-bond donors (Lipinski definition) is 3. The van der Waals surface area contributed by atoms with Crippen molar-refractivity contribution in [2.45, 2.75) is 11.3 Å². The molecule has 1 aromatic heterocycles. The molecular weight excluding hydrogens is 358 g/mol. The van der Waals surface area contributed by atoms with Crippen molar-refractivity contribution in [2.24, 2.45) is 0 Å². The van der Waals surface area contributed by atoms with Gasteiger partial charge in [-0.1, -0.05) is 34.7 Å². The molecule has 2 aromatic rings. The third-order valence-electron chi connectivity index (χ3n) is 2.48. The number of hydrogen-bond acceptors (Lipinski definition) is 7. The normalized spacial score (nSPS) is 10.2. The van der Waals surface area contributed by atoms with Crippen LogP contribution in [0, 0.1) is 0 Å². The number of thioether (sulfide) groups is 1. The van der Waals surface area contributed by atoms with Crippen molar-refractivity contribution >= 4 is 51.6 Å². The van der Waals surface area contributed by atoms with Gasteiger partial charge in [0.2, 0.25) is 11.0 Å². The first-order valence-corrected chi connectivity index (χ1v) is 8.81. The highest BCUT2D eigenvalue weighted by Gasteiger charge is 2.10. The molecule has 0 unspecified atom stereocenters. The fourth-order valence-corrected chi connectivity index (χ4v) is 3.20. The fraction of sp³-hybridized carbons (Fsp3) is 0.231. The number of nitrogens with one attached hydrogen (secondary N) is 3. The van der Waals surface area contributed by atoms with Gasteiger partial charge in [-0.3, -0.25) is 20.4 Å². The Morgan fingerprint density at radius 1 is 1.22 bits per heavy atom. The molecule has 0 fully saturated rings. The lowest BCUT2D eigenvalue weighted by atomic mass is 10.2. The van der Waals surface area contributed by atoms with Gasteiger partial charge in [-0.15, -0.1) is 10.2 Å². The molecule has 122 valence electrons. The van der Waals surface area contributed by atoms with E-state index in [9.17, 15) is 9.59 Å². The third kappa shape index (κ3) is 5.70. The number of hydrazine groups is 1. The van der Waals surface area contributed by atoms with Crippen LogP contribution in [0.4, 0.5) is 5.13 Å². The molecule has 1 heterocycles. The summed E-state index contributed by atoms with van der Waals surface area (Å²) in [6.45, 7) is 2.72. The second-order valence-corrected chi connectivity index (χ2v) is 6.84. The highest BCUT2D eigenvalue weighted by atomic mass is 35.5. The highest BCUT2D eigenvalue weighted by molar-refractivity contribution is 8.01. The average Bonchev–Trinajstić information content (AvgIpc) is 2.99. The second-order valence-electron chi connectivity index (χ2n) is 4.20. The molecule has 0 aliphatic heterocycles. The first-order valence-electron chi connectivity index (χ1n) is 6.63. The van der Waals surface area contributed by atoms with Gasteiger partial charge < -0.3 is 5.32 Å². The van der Waals surface area contributed by atoms with Crippen molar-refractivity contribution in [1.29, 1.82) is 0 Å². The van der Waals surface area contributed by atoms with Gasteiger partial charge in [-0.2, -0.15) is 0 Å². The molecule has 0 saturated heterocycles. The summed E-state index contributed by atoms with van der Waals surface area (Å²) < 4.78 is 0.681. The maximum atomic E-state index is 11.8. The van der Waals surface area contributed by atoms with Gasteiger partial charge in [-0.25, -0.2) is 0 Å². The van der Waals surface area contributed by atoms with E-state index in [1.54, 1.807) is 24.3 Å². The maximum absolute atomic E-state index is 11.8. The number of carbonyl (C=O) groups excluding carboxylic acids is 2. The molecule has 2 amide bonds. The van der Waals surface area contributed by atoms with Crippen molar-refractivity contribution in [3.05, 3.63) is 34.9 Å². The number of halogens is 1. The van der Waals surface area contributed by atoms with E-state index in [1.807, 2.05) is 6.92 Å². The van der Waals surface area contributed by atoms with Crippen molar-refractivity contribution in [3.8, 4) is 0 Å². The number of aromatic nitrogens is 2. The molecule has 0 aliphatic rings. The summed E-state index contributed by atoms with van der Waals surface area (Å²) in [5, 5.41) is 12.2. The van der Waals surface area contributed by atoms with Crippen LogP contribution in [0.2, 0.25) is 5.02 Å². The molecule has 0 radical (unpaired) electrons. The molecule has 0 bridgehead atoms. The molecule has 7 nitrogen and oxygen atoms in total. The van der Waals surface area contributed by atoms with E-state index in [2.05, 4.69) is 26.4 Å². The molecule has 0 aliphatic carbocycles. The minimum absolute atomic E-state index is 0.127. The number of amides is 2. The molecule has 23 heavy (non-hydrogen) atoms. The highest BCUT2D eigenvalue weighted by Crippen LogP contribution is 2.24. The Hall–Kier alpha value is -1.84. The van der Waals surface area contributed by atoms with E-state index in [0.717, 1.165) is 6.54 Å². The molecule has 3 N–H and O–H groups in total. The second kappa shape index (κ2) is 8.70. The van der Waals surface area contributed by atoms with Gasteiger partial charge in [0, 0.05) is 17.1 Å². The van der Waals surface area contributed by atoms with Crippen LogP contribution in [-0.4, -0.2) is 34.3 Å². The fourth-order valence-electron chi connectivity index (χ4n) is 1.45. The molecular formula is C13H14ClN5O2S2. The van der Waals surface area contributed by atoms with Crippen LogP contribution in [0.1, 0.15) is 17.3 Å². The number of rotatable bonds is 6. The van der Waals surface area contributed by atoms with Gasteiger partial charge in [0.15, 0.2) is 4.34 Å². The summed E-state index contributed by atoms with van der Waals surface area (Å²) >= 11 is 8.37. The Bertz CT molecular complexity index is 677. The van der Waals surface area contributed by atoms with Crippen LogP contribution < -0.4 is 16.2 Å². The van der Waals surface area contributed by atoms with Crippen molar-refractivity contribution < 1.29 is 9.59 Å². The van der Waals surface area contributed by atoms with Crippen molar-refractivity contribution in [1.82, 2.24) is 21.0 Å². The Labute approximate surface area is 146 Å². The lowest BCUT2D eigenvalue weighted by Gasteiger charge is -2.06. The van der Waals surface area contributed by atoms with Crippen molar-refractivity contribution in [2.75, 3.05) is 17.6 Å². The zero-order valence-corrected chi connectivity index (χ0v) is 14.5. The molecule has 1 aromatic carbocycles. The van der Waals surface area contributed by atoms with E-state index < -0.39 is 5.91 Å². The van der Waals surface area contributed by atoms with Crippen LogP contribution in [0.25, 0.3) is 0 Å². The smallest absolute Gasteiger partial charge is 0.269 e. The Morgan fingerprint density at radius 3 is 2.65 bits per heavy atom. The average molecular weight is 372 g/mol. The molecule has 10 heteroatoms. The van der Waals surface area contributed by atoms with Gasteiger partial charge >= 0.3 is 0 Å². The van der Waals surface area contributed by atoms with E-state index in [1.165, 1.54) is 23.1 Å².